The highest BCUT2D eigenvalue weighted by molar-refractivity contribution is 7.84. The van der Waals surface area contributed by atoms with Crippen molar-refractivity contribution in [3.8, 4) is 0 Å². The lowest BCUT2D eigenvalue weighted by Crippen LogP contribution is -2.23. The number of nitrogens with zero attached hydrogens (tertiary/aromatic N) is 5. The van der Waals surface area contributed by atoms with Crippen LogP contribution in [0.25, 0.3) is 5.65 Å². The molecule has 0 aliphatic heterocycles. The number of hydrogen-bond donors (Lipinski definition) is 1. The Kier molecular flexibility index (Phi) is 3.09. The highest BCUT2D eigenvalue weighted by atomic mass is 32.2. The van der Waals surface area contributed by atoms with Gasteiger partial charge in [0.2, 0.25) is 0 Å². The van der Waals surface area contributed by atoms with Crippen LogP contribution in [0.1, 0.15) is 6.92 Å². The summed E-state index contributed by atoms with van der Waals surface area (Å²) in [4.78, 5) is 4.02. The highest BCUT2D eigenvalue weighted by Crippen LogP contribution is 2.07. The van der Waals surface area contributed by atoms with Crippen molar-refractivity contribution < 1.29 is 4.21 Å². The Morgan fingerprint density at radius 1 is 1.56 bits per heavy atom. The zero-order valence-electron chi connectivity index (χ0n) is 8.99. The zero-order chi connectivity index (χ0) is 11.5. The third-order valence-corrected chi connectivity index (χ3v) is 2.96. The van der Waals surface area contributed by atoms with E-state index in [1.807, 2.05) is 6.92 Å². The van der Waals surface area contributed by atoms with Crippen molar-refractivity contribution in [3.63, 3.8) is 0 Å². The van der Waals surface area contributed by atoms with Crippen molar-refractivity contribution >= 4 is 22.3 Å². The van der Waals surface area contributed by atoms with Gasteiger partial charge in [0, 0.05) is 28.9 Å². The summed E-state index contributed by atoms with van der Waals surface area (Å²) in [5.74, 6) is 1.26. The average molecular weight is 240 g/mol. The Balaban J connectivity index is 2.20. The van der Waals surface area contributed by atoms with E-state index < -0.39 is 10.8 Å². The molecule has 86 valence electrons. The van der Waals surface area contributed by atoms with Gasteiger partial charge in [-0.25, -0.2) is 0 Å². The van der Waals surface area contributed by atoms with Crippen LogP contribution in [0.4, 0.5) is 5.82 Å². The van der Waals surface area contributed by atoms with Crippen LogP contribution in [-0.2, 0) is 10.8 Å². The molecular weight excluding hydrogens is 228 g/mol. The molecule has 2 heterocycles. The van der Waals surface area contributed by atoms with Crippen LogP contribution in [0, 0.1) is 0 Å². The summed E-state index contributed by atoms with van der Waals surface area (Å²) >= 11 is 0. The molecule has 0 saturated heterocycles. The highest BCUT2D eigenvalue weighted by Gasteiger charge is 2.08. The smallest absolute Gasteiger partial charge is 0.199 e. The fourth-order valence-electron chi connectivity index (χ4n) is 1.42. The number of nitrogens with one attached hydrogen (secondary N) is 1. The van der Waals surface area contributed by atoms with E-state index >= 15 is 0 Å². The molecule has 2 atom stereocenters. The molecule has 7 nitrogen and oxygen atoms in total. The summed E-state index contributed by atoms with van der Waals surface area (Å²) in [6.45, 7) is 1.95. The van der Waals surface area contributed by atoms with Crippen LogP contribution in [0.5, 0.6) is 0 Å². The number of rotatable bonds is 4. The molecular formula is C8H12N6OS. The minimum Gasteiger partial charge on any atom is -0.365 e. The third kappa shape index (κ3) is 2.32. The number of aromatic nitrogens is 5. The first-order valence-electron chi connectivity index (χ1n) is 4.75. The number of tetrazole rings is 1. The minimum atomic E-state index is -0.837. The van der Waals surface area contributed by atoms with E-state index in [9.17, 15) is 4.21 Å². The molecule has 0 fully saturated rings. The van der Waals surface area contributed by atoms with Gasteiger partial charge < -0.3 is 5.32 Å². The summed E-state index contributed by atoms with van der Waals surface area (Å²) in [6, 6.07) is 0.0717. The predicted octanol–water partition coefficient (Wildman–Crippen LogP) is -0.302. The lowest BCUT2D eigenvalue weighted by Gasteiger charge is -2.13. The molecule has 0 bridgehead atoms. The van der Waals surface area contributed by atoms with Crippen LogP contribution < -0.4 is 5.32 Å². The van der Waals surface area contributed by atoms with Gasteiger partial charge in [-0.05, 0) is 17.4 Å². The average Bonchev–Trinajstić information content (AvgIpc) is 2.65. The lowest BCUT2D eigenvalue weighted by molar-refractivity contribution is 0.682. The van der Waals surface area contributed by atoms with E-state index in [0.717, 1.165) is 0 Å². The van der Waals surface area contributed by atoms with Gasteiger partial charge in [0.1, 0.15) is 0 Å². The van der Waals surface area contributed by atoms with Crippen LogP contribution in [-0.4, -0.2) is 47.3 Å². The van der Waals surface area contributed by atoms with Crippen molar-refractivity contribution in [3.05, 3.63) is 12.4 Å². The first-order valence-corrected chi connectivity index (χ1v) is 6.48. The molecule has 0 aliphatic carbocycles. The molecule has 2 aromatic rings. The molecule has 1 N–H and O–H groups in total. The maximum absolute atomic E-state index is 11.1. The summed E-state index contributed by atoms with van der Waals surface area (Å²) in [6.07, 6.45) is 4.89. The van der Waals surface area contributed by atoms with Crippen molar-refractivity contribution in [1.29, 1.82) is 0 Å². The first kappa shape index (κ1) is 10.9. The molecule has 0 saturated carbocycles. The van der Waals surface area contributed by atoms with Gasteiger partial charge in [-0.1, -0.05) is 0 Å². The molecule has 2 rings (SSSR count). The summed E-state index contributed by atoms with van der Waals surface area (Å²) < 4.78 is 12.6. The molecule has 2 aromatic heterocycles. The van der Waals surface area contributed by atoms with Gasteiger partial charge in [0.15, 0.2) is 11.5 Å². The van der Waals surface area contributed by atoms with Gasteiger partial charge in [-0.15, -0.1) is 5.10 Å². The maximum atomic E-state index is 11.1. The minimum absolute atomic E-state index is 0.0717. The standard InChI is InChI=1S/C8H12N6OS/c1-6(5-16(2)15)10-7-3-9-4-8-11-12-13-14(7)8/h3-4,6,10H,5H2,1-2H3. The van der Waals surface area contributed by atoms with Gasteiger partial charge in [0.05, 0.1) is 12.4 Å². The monoisotopic (exact) mass is 240 g/mol. The lowest BCUT2D eigenvalue weighted by atomic mass is 10.4. The van der Waals surface area contributed by atoms with E-state index in [2.05, 4.69) is 25.8 Å². The molecule has 16 heavy (non-hydrogen) atoms. The van der Waals surface area contributed by atoms with E-state index in [1.165, 1.54) is 0 Å². The molecule has 8 heteroatoms. The van der Waals surface area contributed by atoms with E-state index in [1.54, 1.807) is 23.2 Å². The number of anilines is 1. The van der Waals surface area contributed by atoms with Crippen LogP contribution >= 0.6 is 0 Å². The molecule has 0 spiro atoms. The predicted molar refractivity (Wildman–Crippen MR) is 60.6 cm³/mol. The van der Waals surface area contributed by atoms with E-state index in [0.29, 0.717) is 17.2 Å². The topological polar surface area (TPSA) is 85.1 Å². The molecule has 0 aromatic carbocycles. The fraction of sp³-hybridized carbons (Fsp3) is 0.500. The Bertz CT molecular complexity index is 512. The van der Waals surface area contributed by atoms with Crippen LogP contribution in [0.15, 0.2) is 12.4 Å². The normalized spacial score (nSPS) is 14.9. The van der Waals surface area contributed by atoms with Crippen molar-refractivity contribution in [1.82, 2.24) is 25.0 Å². The SMILES string of the molecule is CC(CS(C)=O)Nc1cncc2nnnn12. The van der Waals surface area contributed by atoms with Crippen LogP contribution in [0.3, 0.4) is 0 Å². The van der Waals surface area contributed by atoms with E-state index in [-0.39, 0.29) is 6.04 Å². The first-order chi connectivity index (χ1) is 7.66. The van der Waals surface area contributed by atoms with Gasteiger partial charge in [-0.3, -0.25) is 9.19 Å². The second kappa shape index (κ2) is 4.52. The third-order valence-electron chi connectivity index (χ3n) is 1.99. The van der Waals surface area contributed by atoms with Crippen molar-refractivity contribution in [2.75, 3.05) is 17.3 Å². The van der Waals surface area contributed by atoms with Gasteiger partial charge in [0.25, 0.3) is 0 Å². The number of hydrogen-bond acceptors (Lipinski definition) is 6. The zero-order valence-corrected chi connectivity index (χ0v) is 9.81. The summed E-state index contributed by atoms with van der Waals surface area (Å²) in [7, 11) is -0.837. The Morgan fingerprint density at radius 2 is 2.38 bits per heavy atom. The second-order valence-electron chi connectivity index (χ2n) is 3.53. The Morgan fingerprint density at radius 3 is 3.12 bits per heavy atom. The molecule has 2 unspecified atom stereocenters. The second-order valence-corrected chi connectivity index (χ2v) is 5.01. The Hall–Kier alpha value is -1.57. The summed E-state index contributed by atoms with van der Waals surface area (Å²) in [5, 5.41) is 14.3. The molecule has 0 aliphatic rings. The van der Waals surface area contributed by atoms with Crippen molar-refractivity contribution in [2.45, 2.75) is 13.0 Å². The number of fused-ring (bicyclic) bond motifs is 1. The molecule has 0 amide bonds. The quantitative estimate of drug-likeness (QED) is 0.789. The van der Waals surface area contributed by atoms with Gasteiger partial charge in [-0.2, -0.15) is 4.52 Å². The van der Waals surface area contributed by atoms with Gasteiger partial charge >= 0.3 is 0 Å². The maximum Gasteiger partial charge on any atom is 0.199 e. The van der Waals surface area contributed by atoms with Crippen molar-refractivity contribution in [2.24, 2.45) is 0 Å². The summed E-state index contributed by atoms with van der Waals surface area (Å²) in [5.41, 5.74) is 0.579. The molecule has 0 radical (unpaired) electrons. The van der Waals surface area contributed by atoms with Crippen LogP contribution in [0.2, 0.25) is 0 Å². The largest absolute Gasteiger partial charge is 0.365 e. The fourth-order valence-corrected chi connectivity index (χ4v) is 2.21. The van der Waals surface area contributed by atoms with E-state index in [4.69, 9.17) is 0 Å². The Labute approximate surface area is 94.7 Å².